The summed E-state index contributed by atoms with van der Waals surface area (Å²) in [7, 11) is 0. The highest BCUT2D eigenvalue weighted by Gasteiger charge is 2.31. The standard InChI is InChI=1S/C22H16F3N3O4/c23-22(24,25)32-19-12-6-15(7-13-19)21(30)31-14-20(29)26-16-8-10-18(11-9-16)28-27-17-4-2-1-3-5-17/h1-13H,14H2,(H,26,29). The van der Waals surface area contributed by atoms with Gasteiger partial charge in [0, 0.05) is 5.69 Å². The number of rotatable bonds is 7. The van der Waals surface area contributed by atoms with Gasteiger partial charge in [-0.2, -0.15) is 10.2 Å². The van der Waals surface area contributed by atoms with Crippen LogP contribution in [0.3, 0.4) is 0 Å². The van der Waals surface area contributed by atoms with Crippen LogP contribution in [0, 0.1) is 0 Å². The first-order valence-corrected chi connectivity index (χ1v) is 9.18. The van der Waals surface area contributed by atoms with Crippen LogP contribution in [0.25, 0.3) is 0 Å². The molecule has 0 saturated carbocycles. The smallest absolute Gasteiger partial charge is 0.452 e. The third-order valence-corrected chi connectivity index (χ3v) is 3.85. The molecule has 0 aromatic heterocycles. The van der Waals surface area contributed by atoms with E-state index in [1.54, 1.807) is 24.3 Å². The molecule has 0 heterocycles. The maximum absolute atomic E-state index is 12.2. The average molecular weight is 443 g/mol. The van der Waals surface area contributed by atoms with Crippen LogP contribution in [0.4, 0.5) is 30.2 Å². The Morgan fingerprint density at radius 2 is 1.41 bits per heavy atom. The van der Waals surface area contributed by atoms with E-state index in [0.717, 1.165) is 24.3 Å². The number of benzene rings is 3. The van der Waals surface area contributed by atoms with Crippen LogP contribution in [0.15, 0.2) is 89.1 Å². The van der Waals surface area contributed by atoms with Gasteiger partial charge in [-0.3, -0.25) is 4.79 Å². The SMILES string of the molecule is O=C(COC(=O)c1ccc(OC(F)(F)F)cc1)Nc1ccc(N=Nc2ccccc2)cc1. The van der Waals surface area contributed by atoms with Crippen LogP contribution in [0.2, 0.25) is 0 Å². The van der Waals surface area contributed by atoms with Crippen molar-refractivity contribution in [2.24, 2.45) is 10.2 Å². The first kappa shape index (κ1) is 22.5. The van der Waals surface area contributed by atoms with Gasteiger partial charge in [0.25, 0.3) is 5.91 Å². The molecule has 0 aliphatic heterocycles. The fraction of sp³-hybridized carbons (Fsp3) is 0.0909. The maximum atomic E-state index is 12.2. The second-order valence-electron chi connectivity index (χ2n) is 6.28. The van der Waals surface area contributed by atoms with Crippen molar-refractivity contribution in [3.63, 3.8) is 0 Å². The third-order valence-electron chi connectivity index (χ3n) is 3.85. The van der Waals surface area contributed by atoms with Crippen LogP contribution in [0.1, 0.15) is 10.4 Å². The van der Waals surface area contributed by atoms with Gasteiger partial charge in [-0.05, 0) is 60.7 Å². The number of hydrogen-bond acceptors (Lipinski definition) is 6. The molecule has 0 aliphatic carbocycles. The monoisotopic (exact) mass is 443 g/mol. The maximum Gasteiger partial charge on any atom is 0.573 e. The minimum Gasteiger partial charge on any atom is -0.452 e. The molecular formula is C22H16F3N3O4. The molecule has 0 unspecified atom stereocenters. The first-order chi connectivity index (χ1) is 15.3. The van der Waals surface area contributed by atoms with Gasteiger partial charge in [0.1, 0.15) is 5.75 Å². The Morgan fingerprint density at radius 3 is 2.00 bits per heavy atom. The number of hydrogen-bond donors (Lipinski definition) is 1. The highest BCUT2D eigenvalue weighted by molar-refractivity contribution is 5.95. The fourth-order valence-electron chi connectivity index (χ4n) is 2.43. The lowest BCUT2D eigenvalue weighted by molar-refractivity contribution is -0.274. The lowest BCUT2D eigenvalue weighted by atomic mass is 10.2. The van der Waals surface area contributed by atoms with Gasteiger partial charge >= 0.3 is 12.3 Å². The Labute approximate surface area is 180 Å². The Bertz CT molecular complexity index is 1080. The zero-order valence-corrected chi connectivity index (χ0v) is 16.4. The van der Waals surface area contributed by atoms with Crippen molar-refractivity contribution in [1.29, 1.82) is 0 Å². The molecule has 0 bridgehead atoms. The van der Waals surface area contributed by atoms with Gasteiger partial charge in [-0.25, -0.2) is 4.79 Å². The van der Waals surface area contributed by atoms with Gasteiger partial charge in [0.2, 0.25) is 0 Å². The molecule has 7 nitrogen and oxygen atoms in total. The van der Waals surface area contributed by atoms with E-state index >= 15 is 0 Å². The Balaban J connectivity index is 1.47. The Morgan fingerprint density at radius 1 is 0.812 bits per heavy atom. The van der Waals surface area contributed by atoms with Crippen molar-refractivity contribution in [2.75, 3.05) is 11.9 Å². The number of azo groups is 1. The van der Waals surface area contributed by atoms with Crippen molar-refractivity contribution in [3.05, 3.63) is 84.4 Å². The number of anilines is 1. The predicted molar refractivity (Wildman–Crippen MR) is 109 cm³/mol. The molecular weight excluding hydrogens is 427 g/mol. The number of esters is 1. The number of ether oxygens (including phenoxy) is 2. The molecule has 0 fully saturated rings. The summed E-state index contributed by atoms with van der Waals surface area (Å²) in [6.45, 7) is -0.574. The predicted octanol–water partition coefficient (Wildman–Crippen LogP) is 5.80. The molecule has 10 heteroatoms. The number of carbonyl (C=O) groups excluding carboxylic acids is 2. The van der Waals surface area contributed by atoms with Gasteiger partial charge in [0.05, 0.1) is 16.9 Å². The summed E-state index contributed by atoms with van der Waals surface area (Å²) in [5.74, 6) is -1.93. The second-order valence-corrected chi connectivity index (χ2v) is 6.28. The van der Waals surface area contributed by atoms with E-state index < -0.39 is 30.6 Å². The molecule has 0 aliphatic rings. The van der Waals surface area contributed by atoms with Crippen LogP contribution in [-0.2, 0) is 9.53 Å². The normalized spacial score (nSPS) is 11.2. The largest absolute Gasteiger partial charge is 0.573 e. The van der Waals surface area contributed by atoms with E-state index in [1.165, 1.54) is 0 Å². The zero-order chi connectivity index (χ0) is 23.0. The summed E-state index contributed by atoms with van der Waals surface area (Å²) >= 11 is 0. The van der Waals surface area contributed by atoms with Crippen molar-refractivity contribution in [1.82, 2.24) is 0 Å². The number of carbonyl (C=O) groups is 2. The molecule has 1 N–H and O–H groups in total. The molecule has 32 heavy (non-hydrogen) atoms. The molecule has 3 aromatic carbocycles. The lowest BCUT2D eigenvalue weighted by Gasteiger charge is -2.09. The van der Waals surface area contributed by atoms with E-state index in [-0.39, 0.29) is 5.56 Å². The summed E-state index contributed by atoms with van der Waals surface area (Å²) < 4.78 is 45.0. The summed E-state index contributed by atoms with van der Waals surface area (Å²) in [4.78, 5) is 23.9. The van der Waals surface area contributed by atoms with Crippen molar-refractivity contribution in [3.8, 4) is 5.75 Å². The Kier molecular flexibility index (Phi) is 7.17. The van der Waals surface area contributed by atoms with Gasteiger partial charge < -0.3 is 14.8 Å². The number of nitrogens with zero attached hydrogens (tertiary/aromatic N) is 2. The van der Waals surface area contributed by atoms with Crippen molar-refractivity contribution < 1.29 is 32.2 Å². The minimum absolute atomic E-state index is 0.0274. The highest BCUT2D eigenvalue weighted by atomic mass is 19.4. The van der Waals surface area contributed by atoms with Gasteiger partial charge in [0.15, 0.2) is 6.61 Å². The van der Waals surface area contributed by atoms with E-state index in [4.69, 9.17) is 4.74 Å². The molecule has 0 radical (unpaired) electrons. The number of nitrogens with one attached hydrogen (secondary N) is 1. The molecule has 0 spiro atoms. The molecule has 3 aromatic rings. The van der Waals surface area contributed by atoms with Gasteiger partial charge in [-0.1, -0.05) is 18.2 Å². The number of amides is 1. The van der Waals surface area contributed by atoms with Gasteiger partial charge in [-0.15, -0.1) is 13.2 Å². The van der Waals surface area contributed by atoms with Crippen molar-refractivity contribution >= 4 is 28.9 Å². The average Bonchev–Trinajstić information content (AvgIpc) is 2.77. The van der Waals surface area contributed by atoms with Crippen LogP contribution >= 0.6 is 0 Å². The molecule has 0 atom stereocenters. The minimum atomic E-state index is -4.83. The van der Waals surface area contributed by atoms with Crippen LogP contribution in [-0.4, -0.2) is 24.8 Å². The molecule has 164 valence electrons. The van der Waals surface area contributed by atoms with Crippen molar-refractivity contribution in [2.45, 2.75) is 6.36 Å². The Hall–Kier alpha value is -4.21. The topological polar surface area (TPSA) is 89.4 Å². The third kappa shape index (κ3) is 7.24. The van der Waals surface area contributed by atoms with Crippen LogP contribution < -0.4 is 10.1 Å². The highest BCUT2D eigenvalue weighted by Crippen LogP contribution is 2.23. The fourth-order valence-corrected chi connectivity index (χ4v) is 2.43. The lowest BCUT2D eigenvalue weighted by Crippen LogP contribution is -2.21. The molecule has 3 rings (SSSR count). The summed E-state index contributed by atoms with van der Waals surface area (Å²) in [5, 5.41) is 10.7. The summed E-state index contributed by atoms with van der Waals surface area (Å²) in [6.07, 6.45) is -4.83. The van der Waals surface area contributed by atoms with Crippen LogP contribution in [0.5, 0.6) is 5.75 Å². The van der Waals surface area contributed by atoms with E-state index in [1.807, 2.05) is 30.3 Å². The number of halogens is 3. The second kappa shape index (κ2) is 10.2. The molecule has 0 saturated heterocycles. The summed E-state index contributed by atoms with van der Waals surface area (Å²) in [5.41, 5.74) is 1.71. The van der Waals surface area contributed by atoms with E-state index in [9.17, 15) is 22.8 Å². The quantitative estimate of drug-likeness (QED) is 0.369. The first-order valence-electron chi connectivity index (χ1n) is 9.18. The summed E-state index contributed by atoms with van der Waals surface area (Å²) in [6, 6.07) is 19.9. The van der Waals surface area contributed by atoms with E-state index in [0.29, 0.717) is 17.1 Å². The van der Waals surface area contributed by atoms with E-state index in [2.05, 4.69) is 20.3 Å². The number of alkyl halides is 3. The zero-order valence-electron chi connectivity index (χ0n) is 16.4. The molecule has 1 amide bonds.